The quantitative estimate of drug-likeness (QED) is 0.592. The summed E-state index contributed by atoms with van der Waals surface area (Å²) in [6.07, 6.45) is 0.225. The van der Waals surface area contributed by atoms with Crippen molar-refractivity contribution in [1.82, 2.24) is 19.4 Å². The molecular formula is C25H29FN4O5S. The lowest BCUT2D eigenvalue weighted by molar-refractivity contribution is -0.139. The second-order valence-corrected chi connectivity index (χ2v) is 11.0. The first kappa shape index (κ1) is 25.8. The summed E-state index contributed by atoms with van der Waals surface area (Å²) in [5.41, 5.74) is 0.690. The summed E-state index contributed by atoms with van der Waals surface area (Å²) in [7, 11) is -3.71. The zero-order valence-corrected chi connectivity index (χ0v) is 21.3. The molecule has 0 bridgehead atoms. The van der Waals surface area contributed by atoms with E-state index in [1.165, 1.54) is 33.5 Å². The molecule has 2 aliphatic rings. The Hall–Kier alpha value is -3.31. The van der Waals surface area contributed by atoms with Gasteiger partial charge >= 0.3 is 6.03 Å². The van der Waals surface area contributed by atoms with E-state index in [0.717, 1.165) is 10.5 Å². The largest absolute Gasteiger partial charge is 0.338 e. The van der Waals surface area contributed by atoms with Crippen LogP contribution in [0.3, 0.4) is 0 Å². The molecule has 192 valence electrons. The Kier molecular flexibility index (Phi) is 6.89. The van der Waals surface area contributed by atoms with Gasteiger partial charge in [0.1, 0.15) is 17.9 Å². The first-order chi connectivity index (χ1) is 17.0. The SMILES string of the molecule is CC[C@]1(c2ccc(F)cc2)NC(=O)N(CC(=O)N2CCN(S(=O)(=O)c3ccc(C)cc3C)CC2)C1=O. The van der Waals surface area contributed by atoms with Crippen LogP contribution in [0, 0.1) is 19.7 Å². The highest BCUT2D eigenvalue weighted by Crippen LogP contribution is 2.32. The summed E-state index contributed by atoms with van der Waals surface area (Å²) in [5, 5.41) is 2.67. The minimum Gasteiger partial charge on any atom is -0.338 e. The van der Waals surface area contributed by atoms with Gasteiger partial charge in [0, 0.05) is 26.2 Å². The lowest BCUT2D eigenvalue weighted by atomic mass is 9.87. The van der Waals surface area contributed by atoms with Crippen molar-refractivity contribution in [3.63, 3.8) is 0 Å². The molecule has 4 amide bonds. The molecule has 0 unspecified atom stereocenters. The minimum atomic E-state index is -3.71. The van der Waals surface area contributed by atoms with Crippen LogP contribution >= 0.6 is 0 Å². The molecule has 2 saturated heterocycles. The van der Waals surface area contributed by atoms with Crippen LogP contribution in [0.5, 0.6) is 0 Å². The van der Waals surface area contributed by atoms with Crippen molar-refractivity contribution in [2.45, 2.75) is 37.6 Å². The molecule has 0 radical (unpaired) electrons. The Bertz CT molecular complexity index is 1310. The van der Waals surface area contributed by atoms with E-state index in [9.17, 15) is 27.2 Å². The fourth-order valence-corrected chi connectivity index (χ4v) is 6.41. The number of piperazine rings is 1. The molecule has 2 aromatic carbocycles. The molecule has 2 aliphatic heterocycles. The lowest BCUT2D eigenvalue weighted by Crippen LogP contribution is -2.53. The second kappa shape index (κ2) is 9.62. The van der Waals surface area contributed by atoms with Crippen LogP contribution in [0.1, 0.15) is 30.0 Å². The number of benzene rings is 2. The Morgan fingerprint density at radius 2 is 1.67 bits per heavy atom. The first-order valence-electron chi connectivity index (χ1n) is 11.7. The molecule has 0 aromatic heterocycles. The smallest absolute Gasteiger partial charge is 0.325 e. The number of hydrogen-bond acceptors (Lipinski definition) is 5. The van der Waals surface area contributed by atoms with Crippen LogP contribution in [0.4, 0.5) is 9.18 Å². The topological polar surface area (TPSA) is 107 Å². The van der Waals surface area contributed by atoms with E-state index in [0.29, 0.717) is 11.1 Å². The van der Waals surface area contributed by atoms with Gasteiger partial charge in [-0.3, -0.25) is 14.5 Å². The molecule has 2 aromatic rings. The molecular weight excluding hydrogens is 487 g/mol. The van der Waals surface area contributed by atoms with Gasteiger partial charge < -0.3 is 10.2 Å². The summed E-state index contributed by atoms with van der Waals surface area (Å²) >= 11 is 0. The van der Waals surface area contributed by atoms with Crippen molar-refractivity contribution in [1.29, 1.82) is 0 Å². The maximum absolute atomic E-state index is 13.4. The van der Waals surface area contributed by atoms with Crippen molar-refractivity contribution < 1.29 is 27.2 Å². The summed E-state index contributed by atoms with van der Waals surface area (Å²) in [6.45, 7) is 5.40. The average molecular weight is 517 g/mol. The molecule has 11 heteroatoms. The number of nitrogens with zero attached hydrogens (tertiary/aromatic N) is 3. The summed E-state index contributed by atoms with van der Waals surface area (Å²) in [5.74, 6) is -1.49. The predicted molar refractivity (Wildman–Crippen MR) is 130 cm³/mol. The van der Waals surface area contributed by atoms with Crippen molar-refractivity contribution in [2.75, 3.05) is 32.7 Å². The number of carbonyl (C=O) groups excluding carboxylic acids is 3. The van der Waals surface area contributed by atoms with Crippen molar-refractivity contribution in [2.24, 2.45) is 0 Å². The molecule has 2 fully saturated rings. The lowest BCUT2D eigenvalue weighted by Gasteiger charge is -2.34. The summed E-state index contributed by atoms with van der Waals surface area (Å²) in [4.78, 5) is 41.5. The second-order valence-electron chi connectivity index (χ2n) is 9.14. The maximum Gasteiger partial charge on any atom is 0.325 e. The number of halogens is 1. The van der Waals surface area contributed by atoms with Gasteiger partial charge in [-0.25, -0.2) is 17.6 Å². The van der Waals surface area contributed by atoms with Gasteiger partial charge in [-0.05, 0) is 49.6 Å². The third-order valence-corrected chi connectivity index (χ3v) is 8.93. The van der Waals surface area contributed by atoms with E-state index < -0.39 is 45.8 Å². The number of rotatable bonds is 6. The Labute approximate surface area is 209 Å². The number of imide groups is 1. The highest BCUT2D eigenvalue weighted by atomic mass is 32.2. The average Bonchev–Trinajstić information content (AvgIpc) is 3.09. The van der Waals surface area contributed by atoms with Crippen LogP contribution in [0.25, 0.3) is 0 Å². The number of carbonyl (C=O) groups is 3. The minimum absolute atomic E-state index is 0.107. The molecule has 0 saturated carbocycles. The monoisotopic (exact) mass is 516 g/mol. The van der Waals surface area contributed by atoms with Gasteiger partial charge in [0.25, 0.3) is 5.91 Å². The third kappa shape index (κ3) is 4.48. The zero-order chi connectivity index (χ0) is 26.3. The van der Waals surface area contributed by atoms with Crippen molar-refractivity contribution >= 4 is 27.9 Å². The highest BCUT2D eigenvalue weighted by Gasteiger charge is 2.52. The van der Waals surface area contributed by atoms with E-state index >= 15 is 0 Å². The van der Waals surface area contributed by atoms with Gasteiger partial charge in [-0.1, -0.05) is 36.8 Å². The number of aryl methyl sites for hydroxylation is 2. The number of urea groups is 1. The summed E-state index contributed by atoms with van der Waals surface area (Å²) in [6, 6.07) is 9.77. The number of hydrogen-bond donors (Lipinski definition) is 1. The standard InChI is InChI=1S/C25H29FN4O5S/c1-4-25(19-6-8-20(26)9-7-19)23(32)30(24(33)27-25)16-22(31)28-11-13-29(14-12-28)36(34,35)21-10-5-17(2)15-18(21)3/h5-10,15H,4,11-14,16H2,1-3H3,(H,27,33)/t25-/m1/s1. The fourth-order valence-electron chi connectivity index (χ4n) is 4.78. The normalized spacial score (nSPS) is 21.1. The van der Waals surface area contributed by atoms with Crippen LogP contribution in [-0.4, -0.2) is 73.1 Å². The van der Waals surface area contributed by atoms with Crippen LogP contribution in [0.2, 0.25) is 0 Å². The number of amides is 4. The van der Waals surface area contributed by atoms with Gasteiger partial charge in [0.05, 0.1) is 4.90 Å². The van der Waals surface area contributed by atoms with E-state index in [4.69, 9.17) is 0 Å². The Morgan fingerprint density at radius 1 is 1.03 bits per heavy atom. The number of sulfonamides is 1. The van der Waals surface area contributed by atoms with Crippen LogP contribution in [0.15, 0.2) is 47.4 Å². The Morgan fingerprint density at radius 3 is 2.25 bits per heavy atom. The third-order valence-electron chi connectivity index (χ3n) is 6.88. The van der Waals surface area contributed by atoms with Gasteiger partial charge in [0.15, 0.2) is 0 Å². The molecule has 9 nitrogen and oxygen atoms in total. The predicted octanol–water partition coefficient (Wildman–Crippen LogP) is 2.13. The molecule has 1 N–H and O–H groups in total. The first-order valence-corrected chi connectivity index (χ1v) is 13.2. The molecule has 0 spiro atoms. The van der Waals surface area contributed by atoms with Gasteiger partial charge in [-0.15, -0.1) is 0 Å². The van der Waals surface area contributed by atoms with E-state index in [2.05, 4.69) is 5.32 Å². The molecule has 4 rings (SSSR count). The van der Waals surface area contributed by atoms with E-state index in [-0.39, 0.29) is 37.5 Å². The van der Waals surface area contributed by atoms with Gasteiger partial charge in [0.2, 0.25) is 15.9 Å². The Balaban J connectivity index is 1.42. The van der Waals surface area contributed by atoms with E-state index in [1.54, 1.807) is 26.0 Å². The number of nitrogens with one attached hydrogen (secondary N) is 1. The molecule has 0 aliphatic carbocycles. The van der Waals surface area contributed by atoms with E-state index in [1.807, 2.05) is 13.0 Å². The van der Waals surface area contributed by atoms with Crippen molar-refractivity contribution in [3.8, 4) is 0 Å². The molecule has 36 heavy (non-hydrogen) atoms. The van der Waals surface area contributed by atoms with Crippen LogP contribution < -0.4 is 5.32 Å². The fraction of sp³-hybridized carbons (Fsp3) is 0.400. The maximum atomic E-state index is 13.4. The summed E-state index contributed by atoms with van der Waals surface area (Å²) < 4.78 is 41.0. The molecule has 2 heterocycles. The molecule has 1 atom stereocenters. The zero-order valence-electron chi connectivity index (χ0n) is 20.5. The highest BCUT2D eigenvalue weighted by molar-refractivity contribution is 7.89. The van der Waals surface area contributed by atoms with Crippen LogP contribution in [-0.2, 0) is 25.2 Å². The van der Waals surface area contributed by atoms with Crippen molar-refractivity contribution in [3.05, 3.63) is 65.0 Å². The van der Waals surface area contributed by atoms with Gasteiger partial charge in [-0.2, -0.15) is 4.31 Å².